The van der Waals surface area contributed by atoms with E-state index in [0.29, 0.717) is 34.0 Å². The summed E-state index contributed by atoms with van der Waals surface area (Å²) in [5.74, 6) is -2.65. The molecule has 4 aromatic rings. The Morgan fingerprint density at radius 3 is 2.45 bits per heavy atom. The van der Waals surface area contributed by atoms with Crippen molar-refractivity contribution in [3.63, 3.8) is 0 Å². The maximum absolute atomic E-state index is 14.2. The number of nitrogens with zero attached hydrogens (tertiary/aromatic N) is 2. The second-order valence-electron chi connectivity index (χ2n) is 6.99. The number of carboxylic acids is 1. The molecule has 4 nitrogen and oxygen atoms in total. The van der Waals surface area contributed by atoms with Crippen LogP contribution < -0.4 is 4.90 Å². The first-order valence-corrected chi connectivity index (χ1v) is 10.3. The van der Waals surface area contributed by atoms with Crippen LogP contribution in [0.5, 0.6) is 0 Å². The first-order valence-electron chi connectivity index (χ1n) is 9.47. The lowest BCUT2D eigenvalue weighted by Crippen LogP contribution is -2.25. The minimum Gasteiger partial charge on any atom is -0.478 e. The summed E-state index contributed by atoms with van der Waals surface area (Å²) in [6.45, 7) is 0.717. The van der Waals surface area contributed by atoms with E-state index in [1.54, 1.807) is 24.3 Å². The molecule has 0 radical (unpaired) electrons. The smallest absolute Gasteiger partial charge is 0.335 e. The Kier molecular flexibility index (Phi) is 5.90. The number of aromatic nitrogens is 1. The molecule has 1 aromatic heterocycles. The van der Waals surface area contributed by atoms with Gasteiger partial charge in [-0.3, -0.25) is 0 Å². The van der Waals surface area contributed by atoms with Gasteiger partial charge in [-0.05, 0) is 47.9 Å². The quantitative estimate of drug-likeness (QED) is 0.401. The predicted octanol–water partition coefficient (Wildman–Crippen LogP) is 5.66. The number of anilines is 1. The minimum absolute atomic E-state index is 0.172. The molecular weight excluding hydrogens is 425 g/mol. The minimum atomic E-state index is -1.02. The van der Waals surface area contributed by atoms with Crippen molar-refractivity contribution >= 4 is 32.7 Å². The number of benzene rings is 3. The third-order valence-electron chi connectivity index (χ3n) is 4.87. The van der Waals surface area contributed by atoms with Gasteiger partial charge in [0, 0.05) is 19.2 Å². The standard InChI is InChI=1S/C23H17F3N2O2S/c24-17-9-8-15(19(26)12-17)10-11-28(13-14-4-6-16(7-5-14)22(29)30)23-27-20-3-1-2-18(25)21(20)31-23/h1-9,12H,10-11,13H2,(H,29,30). The highest BCUT2D eigenvalue weighted by molar-refractivity contribution is 7.22. The Hall–Kier alpha value is -3.39. The fourth-order valence-corrected chi connectivity index (χ4v) is 4.23. The number of rotatable bonds is 7. The van der Waals surface area contributed by atoms with Crippen LogP contribution in [0.3, 0.4) is 0 Å². The predicted molar refractivity (Wildman–Crippen MR) is 114 cm³/mol. The van der Waals surface area contributed by atoms with Crippen molar-refractivity contribution in [2.45, 2.75) is 13.0 Å². The molecule has 158 valence electrons. The van der Waals surface area contributed by atoms with E-state index in [4.69, 9.17) is 5.11 Å². The van der Waals surface area contributed by atoms with E-state index >= 15 is 0 Å². The van der Waals surface area contributed by atoms with Crippen LogP contribution in [-0.4, -0.2) is 22.6 Å². The molecule has 0 bridgehead atoms. The van der Waals surface area contributed by atoms with E-state index in [9.17, 15) is 18.0 Å². The Morgan fingerprint density at radius 2 is 1.77 bits per heavy atom. The first-order chi connectivity index (χ1) is 14.9. The van der Waals surface area contributed by atoms with E-state index in [0.717, 1.165) is 11.6 Å². The molecule has 0 amide bonds. The van der Waals surface area contributed by atoms with Crippen LogP contribution >= 0.6 is 11.3 Å². The van der Waals surface area contributed by atoms with Crippen molar-refractivity contribution in [1.82, 2.24) is 4.98 Å². The summed E-state index contributed by atoms with van der Waals surface area (Å²) < 4.78 is 41.9. The molecule has 31 heavy (non-hydrogen) atoms. The number of carbonyl (C=O) groups is 1. The van der Waals surface area contributed by atoms with Gasteiger partial charge >= 0.3 is 5.97 Å². The van der Waals surface area contributed by atoms with Gasteiger partial charge in [0.05, 0.1) is 15.8 Å². The van der Waals surface area contributed by atoms with Crippen molar-refractivity contribution in [2.75, 3.05) is 11.4 Å². The number of thiazole rings is 1. The summed E-state index contributed by atoms with van der Waals surface area (Å²) in [7, 11) is 0. The zero-order chi connectivity index (χ0) is 22.0. The summed E-state index contributed by atoms with van der Waals surface area (Å²) in [5, 5.41) is 9.64. The SMILES string of the molecule is O=C(O)c1ccc(CN(CCc2ccc(F)cc2F)c2nc3cccc(F)c3s2)cc1. The molecule has 0 spiro atoms. The second-order valence-corrected chi connectivity index (χ2v) is 7.97. The van der Waals surface area contributed by atoms with Gasteiger partial charge in [-0.25, -0.2) is 22.9 Å². The van der Waals surface area contributed by atoms with Crippen LogP contribution in [0.4, 0.5) is 18.3 Å². The van der Waals surface area contributed by atoms with Crippen molar-refractivity contribution in [1.29, 1.82) is 0 Å². The number of hydrogen-bond donors (Lipinski definition) is 1. The molecule has 4 rings (SSSR count). The molecule has 0 saturated carbocycles. The molecule has 0 aliphatic rings. The number of carboxylic acid groups (broad SMARTS) is 1. The van der Waals surface area contributed by atoms with Crippen LogP contribution in [0.15, 0.2) is 60.7 Å². The highest BCUT2D eigenvalue weighted by Crippen LogP contribution is 2.31. The van der Waals surface area contributed by atoms with Crippen LogP contribution in [0.2, 0.25) is 0 Å². The molecule has 0 saturated heterocycles. The Morgan fingerprint density at radius 1 is 1.00 bits per heavy atom. The summed E-state index contributed by atoms with van der Waals surface area (Å²) in [5.41, 5.74) is 1.88. The summed E-state index contributed by atoms with van der Waals surface area (Å²) in [4.78, 5) is 17.5. The van der Waals surface area contributed by atoms with Crippen LogP contribution in [-0.2, 0) is 13.0 Å². The van der Waals surface area contributed by atoms with Gasteiger partial charge in [0.1, 0.15) is 17.5 Å². The van der Waals surface area contributed by atoms with Crippen LogP contribution in [0, 0.1) is 17.5 Å². The molecule has 1 N–H and O–H groups in total. The number of halogens is 3. The van der Waals surface area contributed by atoms with Gasteiger partial charge in [0.2, 0.25) is 0 Å². The normalized spacial score (nSPS) is 11.1. The highest BCUT2D eigenvalue weighted by Gasteiger charge is 2.16. The Labute approximate surface area is 180 Å². The highest BCUT2D eigenvalue weighted by atomic mass is 32.1. The molecule has 0 unspecified atom stereocenters. The third-order valence-corrected chi connectivity index (χ3v) is 6.01. The molecule has 8 heteroatoms. The lowest BCUT2D eigenvalue weighted by molar-refractivity contribution is 0.0697. The maximum atomic E-state index is 14.2. The lowest BCUT2D eigenvalue weighted by Gasteiger charge is -2.22. The molecule has 0 atom stereocenters. The molecule has 0 aliphatic carbocycles. The largest absolute Gasteiger partial charge is 0.478 e. The average Bonchev–Trinajstić information content (AvgIpc) is 3.18. The van der Waals surface area contributed by atoms with Gasteiger partial charge in [-0.15, -0.1) is 0 Å². The van der Waals surface area contributed by atoms with Gasteiger partial charge < -0.3 is 10.0 Å². The number of aromatic carboxylic acids is 1. The van der Waals surface area contributed by atoms with E-state index in [2.05, 4.69) is 4.98 Å². The molecule has 0 aliphatic heterocycles. The average molecular weight is 442 g/mol. The lowest BCUT2D eigenvalue weighted by atomic mass is 10.1. The van der Waals surface area contributed by atoms with E-state index < -0.39 is 17.6 Å². The topological polar surface area (TPSA) is 53.4 Å². The van der Waals surface area contributed by atoms with Crippen molar-refractivity contribution in [3.8, 4) is 0 Å². The van der Waals surface area contributed by atoms with E-state index in [1.165, 1.54) is 41.7 Å². The van der Waals surface area contributed by atoms with Gasteiger partial charge in [0.25, 0.3) is 0 Å². The summed E-state index contributed by atoms with van der Waals surface area (Å²) in [6, 6.07) is 14.5. The summed E-state index contributed by atoms with van der Waals surface area (Å²) in [6.07, 6.45) is 0.289. The Balaban J connectivity index is 1.63. The third kappa shape index (κ3) is 4.69. The van der Waals surface area contributed by atoms with Crippen LogP contribution in [0.1, 0.15) is 21.5 Å². The zero-order valence-electron chi connectivity index (χ0n) is 16.2. The van der Waals surface area contributed by atoms with Gasteiger partial charge in [-0.2, -0.15) is 0 Å². The second kappa shape index (κ2) is 8.77. The van der Waals surface area contributed by atoms with E-state index in [-0.39, 0.29) is 17.8 Å². The van der Waals surface area contributed by atoms with E-state index in [1.807, 2.05) is 4.90 Å². The maximum Gasteiger partial charge on any atom is 0.335 e. The molecule has 3 aromatic carbocycles. The number of fused-ring (bicyclic) bond motifs is 1. The van der Waals surface area contributed by atoms with Crippen LogP contribution in [0.25, 0.3) is 10.2 Å². The van der Waals surface area contributed by atoms with Crippen molar-refractivity contribution < 1.29 is 23.1 Å². The number of hydrogen-bond acceptors (Lipinski definition) is 4. The summed E-state index contributed by atoms with van der Waals surface area (Å²) >= 11 is 1.19. The Bertz CT molecular complexity index is 1240. The first kappa shape index (κ1) is 20.9. The van der Waals surface area contributed by atoms with Crippen molar-refractivity contribution in [2.24, 2.45) is 0 Å². The molecular formula is C23H17F3N2O2S. The molecule has 1 heterocycles. The monoisotopic (exact) mass is 442 g/mol. The molecule has 0 fully saturated rings. The zero-order valence-corrected chi connectivity index (χ0v) is 17.0. The van der Waals surface area contributed by atoms with Crippen molar-refractivity contribution in [3.05, 3.63) is 94.8 Å². The fourth-order valence-electron chi connectivity index (χ4n) is 3.23. The fraction of sp³-hybridized carbons (Fsp3) is 0.130. The van der Waals surface area contributed by atoms with Gasteiger partial charge in [-0.1, -0.05) is 35.6 Å². The van der Waals surface area contributed by atoms with Gasteiger partial charge in [0.15, 0.2) is 5.13 Å².